The maximum atomic E-state index is 12.3. The molecule has 23 heavy (non-hydrogen) atoms. The van der Waals surface area contributed by atoms with Gasteiger partial charge in [-0.05, 0) is 25.1 Å². The Hall–Kier alpha value is -2.57. The number of hydrogen-bond donors (Lipinski definition) is 0. The number of nitrogens with zero attached hydrogens (tertiary/aromatic N) is 3. The van der Waals surface area contributed by atoms with Crippen molar-refractivity contribution in [1.29, 1.82) is 0 Å². The smallest absolute Gasteiger partial charge is 0.232 e. The largest absolute Gasteiger partial charge is 0.497 e. The first kappa shape index (κ1) is 15.3. The Morgan fingerprint density at radius 1 is 1.35 bits per heavy atom. The summed E-state index contributed by atoms with van der Waals surface area (Å²) in [5.74, 6) is 2.58. The number of carbonyl (C=O) groups is 1. The molecule has 1 aliphatic heterocycles. The summed E-state index contributed by atoms with van der Waals surface area (Å²) in [5.41, 5.74) is 0.905. The molecule has 7 heteroatoms. The predicted octanol–water partition coefficient (Wildman–Crippen LogP) is 1.91. The minimum absolute atomic E-state index is 0.0553. The molecule has 7 nitrogen and oxygen atoms in total. The molecule has 0 spiro atoms. The fraction of sp³-hybridized carbons (Fsp3) is 0.438. The van der Waals surface area contributed by atoms with E-state index >= 15 is 0 Å². The highest BCUT2D eigenvalue weighted by Gasteiger charge is 2.34. The fourth-order valence-corrected chi connectivity index (χ4v) is 2.78. The van der Waals surface area contributed by atoms with Crippen LogP contribution < -0.4 is 9.47 Å². The van der Waals surface area contributed by atoms with Gasteiger partial charge in [-0.1, -0.05) is 5.16 Å². The van der Waals surface area contributed by atoms with Crippen LogP contribution in [0.4, 0.5) is 0 Å². The highest BCUT2D eigenvalue weighted by Crippen LogP contribution is 2.31. The molecule has 3 rings (SSSR count). The number of rotatable bonds is 5. The number of methoxy groups -OCH3 is 2. The van der Waals surface area contributed by atoms with Crippen LogP contribution in [0.5, 0.6) is 11.5 Å². The molecule has 1 aliphatic rings. The molecular formula is C16H19N3O4. The van der Waals surface area contributed by atoms with Crippen molar-refractivity contribution in [2.45, 2.75) is 25.8 Å². The van der Waals surface area contributed by atoms with Gasteiger partial charge in [0.15, 0.2) is 5.82 Å². The molecule has 0 aliphatic carbocycles. The Kier molecular flexibility index (Phi) is 4.18. The molecule has 1 unspecified atom stereocenters. The van der Waals surface area contributed by atoms with Gasteiger partial charge in [-0.2, -0.15) is 4.98 Å². The molecule has 2 heterocycles. The van der Waals surface area contributed by atoms with E-state index in [0.717, 1.165) is 17.1 Å². The van der Waals surface area contributed by atoms with E-state index in [1.54, 1.807) is 26.0 Å². The summed E-state index contributed by atoms with van der Waals surface area (Å²) in [6.07, 6.45) is 0.383. The van der Waals surface area contributed by atoms with Gasteiger partial charge in [0, 0.05) is 25.1 Å². The highest BCUT2D eigenvalue weighted by atomic mass is 16.5. The Balaban J connectivity index is 1.77. The second-order valence-corrected chi connectivity index (χ2v) is 5.53. The van der Waals surface area contributed by atoms with Crippen molar-refractivity contribution < 1.29 is 18.8 Å². The molecule has 1 saturated heterocycles. The molecule has 1 aromatic carbocycles. The number of aromatic nitrogens is 2. The van der Waals surface area contributed by atoms with E-state index in [9.17, 15) is 4.79 Å². The fourth-order valence-electron chi connectivity index (χ4n) is 2.78. The van der Waals surface area contributed by atoms with Crippen LogP contribution >= 0.6 is 0 Å². The third-order valence-corrected chi connectivity index (χ3v) is 3.96. The zero-order valence-corrected chi connectivity index (χ0v) is 13.4. The Morgan fingerprint density at radius 2 is 2.17 bits per heavy atom. The van der Waals surface area contributed by atoms with Crippen LogP contribution in [0.15, 0.2) is 22.7 Å². The first-order valence-corrected chi connectivity index (χ1v) is 7.39. The second kappa shape index (κ2) is 6.28. The summed E-state index contributed by atoms with van der Waals surface area (Å²) in [4.78, 5) is 18.3. The van der Waals surface area contributed by atoms with E-state index in [1.807, 2.05) is 18.2 Å². The molecule has 122 valence electrons. The van der Waals surface area contributed by atoms with Crippen molar-refractivity contribution in [3.8, 4) is 11.5 Å². The average Bonchev–Trinajstić information content (AvgIpc) is 3.14. The lowest BCUT2D eigenvalue weighted by Gasteiger charge is -2.18. The number of ether oxygens (including phenoxy) is 2. The number of carbonyl (C=O) groups excluding carboxylic acids is 1. The van der Waals surface area contributed by atoms with Crippen molar-refractivity contribution >= 4 is 5.91 Å². The van der Waals surface area contributed by atoms with Crippen molar-refractivity contribution in [3.05, 3.63) is 35.5 Å². The SMILES string of the molecule is COc1ccc(OC)c(CN2CC(c3nc(C)no3)CC2=O)c1. The maximum Gasteiger partial charge on any atom is 0.232 e. The second-order valence-electron chi connectivity index (χ2n) is 5.53. The Morgan fingerprint density at radius 3 is 2.83 bits per heavy atom. The zero-order chi connectivity index (χ0) is 16.4. The quantitative estimate of drug-likeness (QED) is 0.838. The third kappa shape index (κ3) is 3.13. The van der Waals surface area contributed by atoms with Gasteiger partial charge in [0.2, 0.25) is 11.8 Å². The van der Waals surface area contributed by atoms with E-state index in [0.29, 0.717) is 31.2 Å². The van der Waals surface area contributed by atoms with Crippen molar-refractivity contribution in [2.24, 2.45) is 0 Å². The normalized spacial score (nSPS) is 17.6. The highest BCUT2D eigenvalue weighted by molar-refractivity contribution is 5.79. The van der Waals surface area contributed by atoms with Crippen molar-refractivity contribution in [1.82, 2.24) is 15.0 Å². The van der Waals surface area contributed by atoms with Crippen LogP contribution in [-0.2, 0) is 11.3 Å². The minimum Gasteiger partial charge on any atom is -0.497 e. The van der Waals surface area contributed by atoms with E-state index in [1.165, 1.54) is 0 Å². The van der Waals surface area contributed by atoms with Gasteiger partial charge in [-0.3, -0.25) is 4.79 Å². The molecule has 1 atom stereocenters. The van der Waals surface area contributed by atoms with Gasteiger partial charge in [-0.25, -0.2) is 0 Å². The van der Waals surface area contributed by atoms with Crippen LogP contribution in [0.3, 0.4) is 0 Å². The molecule has 0 N–H and O–H groups in total. The summed E-state index contributed by atoms with van der Waals surface area (Å²) in [6, 6.07) is 5.56. The van der Waals surface area contributed by atoms with Crippen LogP contribution in [-0.4, -0.2) is 41.7 Å². The number of likely N-dealkylation sites (tertiary alicyclic amines) is 1. The lowest BCUT2D eigenvalue weighted by molar-refractivity contribution is -0.128. The van der Waals surface area contributed by atoms with Crippen LogP contribution in [0.25, 0.3) is 0 Å². The maximum absolute atomic E-state index is 12.3. The summed E-state index contributed by atoms with van der Waals surface area (Å²) in [6.45, 7) is 2.78. The molecular weight excluding hydrogens is 298 g/mol. The standard InChI is InChI=1S/C16H19N3O4/c1-10-17-16(23-18-10)12-7-15(20)19(9-12)8-11-6-13(21-2)4-5-14(11)22-3/h4-6,12H,7-9H2,1-3H3. The van der Waals surface area contributed by atoms with Crippen LogP contribution in [0.1, 0.15) is 29.6 Å². The lowest BCUT2D eigenvalue weighted by Crippen LogP contribution is -2.24. The predicted molar refractivity (Wildman–Crippen MR) is 81.4 cm³/mol. The van der Waals surface area contributed by atoms with Gasteiger partial charge in [0.25, 0.3) is 0 Å². The number of benzene rings is 1. The molecule has 2 aromatic rings. The molecule has 0 radical (unpaired) electrons. The van der Waals surface area contributed by atoms with Crippen LogP contribution in [0, 0.1) is 6.92 Å². The van der Waals surface area contributed by atoms with E-state index in [4.69, 9.17) is 14.0 Å². The Bertz CT molecular complexity index is 713. The molecule has 1 fully saturated rings. The first-order valence-electron chi connectivity index (χ1n) is 7.39. The summed E-state index contributed by atoms with van der Waals surface area (Å²) < 4.78 is 15.8. The monoisotopic (exact) mass is 317 g/mol. The minimum atomic E-state index is -0.0553. The number of amides is 1. The van der Waals surface area contributed by atoms with E-state index < -0.39 is 0 Å². The topological polar surface area (TPSA) is 77.7 Å². The van der Waals surface area contributed by atoms with Gasteiger partial charge >= 0.3 is 0 Å². The van der Waals surface area contributed by atoms with Crippen LogP contribution in [0.2, 0.25) is 0 Å². The summed E-state index contributed by atoms with van der Waals surface area (Å²) in [5, 5.41) is 3.79. The van der Waals surface area contributed by atoms with Crippen molar-refractivity contribution in [2.75, 3.05) is 20.8 Å². The number of hydrogen-bond acceptors (Lipinski definition) is 6. The average molecular weight is 317 g/mol. The molecule has 0 bridgehead atoms. The van der Waals surface area contributed by atoms with Gasteiger partial charge < -0.3 is 18.9 Å². The van der Waals surface area contributed by atoms with E-state index in [2.05, 4.69) is 10.1 Å². The molecule has 1 aromatic heterocycles. The lowest BCUT2D eigenvalue weighted by atomic mass is 10.1. The van der Waals surface area contributed by atoms with E-state index in [-0.39, 0.29) is 11.8 Å². The summed E-state index contributed by atoms with van der Waals surface area (Å²) >= 11 is 0. The number of aryl methyl sites for hydroxylation is 1. The third-order valence-electron chi connectivity index (χ3n) is 3.96. The zero-order valence-electron chi connectivity index (χ0n) is 13.4. The van der Waals surface area contributed by atoms with Gasteiger partial charge in [0.1, 0.15) is 11.5 Å². The van der Waals surface area contributed by atoms with Gasteiger partial charge in [-0.15, -0.1) is 0 Å². The first-order chi connectivity index (χ1) is 11.1. The molecule has 0 saturated carbocycles. The van der Waals surface area contributed by atoms with Crippen molar-refractivity contribution in [3.63, 3.8) is 0 Å². The Labute approximate surface area is 134 Å². The summed E-state index contributed by atoms with van der Waals surface area (Å²) in [7, 11) is 3.22. The van der Waals surface area contributed by atoms with Gasteiger partial charge in [0.05, 0.1) is 20.1 Å². The molecule has 1 amide bonds.